The van der Waals surface area contributed by atoms with Gasteiger partial charge in [0.05, 0.1) is 0 Å². The van der Waals surface area contributed by atoms with Crippen LogP contribution in [0.5, 0.6) is 0 Å². The lowest BCUT2D eigenvalue weighted by Gasteiger charge is -2.17. The molecule has 1 heteroatoms. The molecule has 0 N–H and O–H groups in total. The summed E-state index contributed by atoms with van der Waals surface area (Å²) in [5, 5.41) is 0. The largest absolute Gasteiger partial charge is 0.295 e. The van der Waals surface area contributed by atoms with E-state index in [4.69, 9.17) is 0 Å². The Morgan fingerprint density at radius 1 is 1.45 bits per heavy atom. The van der Waals surface area contributed by atoms with Crippen LogP contribution in [-0.4, -0.2) is 5.78 Å². The lowest BCUT2D eigenvalue weighted by atomic mass is 9.86. The fourth-order valence-corrected chi connectivity index (χ4v) is 1.41. The molecule has 0 aromatic rings. The Hall–Kier alpha value is -0.590. The first kappa shape index (κ1) is 10.4. The van der Waals surface area contributed by atoms with Gasteiger partial charge in [-0.2, -0.15) is 0 Å². The third-order valence-corrected chi connectivity index (χ3v) is 2.41. The molecule has 0 saturated carbocycles. The summed E-state index contributed by atoms with van der Waals surface area (Å²) in [5.41, 5.74) is 0. The van der Waals surface area contributed by atoms with Crippen molar-refractivity contribution in [1.82, 2.24) is 0 Å². The van der Waals surface area contributed by atoms with Crippen LogP contribution in [0.1, 0.15) is 33.6 Å². The molecule has 0 heterocycles. The van der Waals surface area contributed by atoms with E-state index in [2.05, 4.69) is 20.4 Å². The number of carbonyl (C=O) groups excluding carboxylic acids is 1. The molecule has 0 aliphatic heterocycles. The van der Waals surface area contributed by atoms with E-state index in [0.717, 1.165) is 12.8 Å². The van der Waals surface area contributed by atoms with Gasteiger partial charge in [0.15, 0.2) is 5.78 Å². The number of hydrogen-bond donors (Lipinski definition) is 0. The van der Waals surface area contributed by atoms with Gasteiger partial charge in [-0.3, -0.25) is 4.79 Å². The van der Waals surface area contributed by atoms with E-state index < -0.39 is 0 Å². The second-order valence-corrected chi connectivity index (χ2v) is 2.97. The molecule has 0 fully saturated rings. The molecule has 0 amide bonds. The highest BCUT2D eigenvalue weighted by atomic mass is 16.1. The number of allylic oxidation sites excluding steroid dienone is 1. The molecule has 0 aliphatic rings. The van der Waals surface area contributed by atoms with Crippen molar-refractivity contribution < 1.29 is 4.79 Å². The van der Waals surface area contributed by atoms with Gasteiger partial charge in [0, 0.05) is 5.92 Å². The van der Waals surface area contributed by atoms with Gasteiger partial charge in [0.2, 0.25) is 0 Å². The number of hydrogen-bond acceptors (Lipinski definition) is 1. The maximum atomic E-state index is 11.2. The predicted molar refractivity (Wildman–Crippen MR) is 48.4 cm³/mol. The topological polar surface area (TPSA) is 17.1 Å². The number of carbonyl (C=O) groups is 1. The van der Waals surface area contributed by atoms with Crippen molar-refractivity contribution in [3.05, 3.63) is 12.7 Å². The first-order valence-corrected chi connectivity index (χ1v) is 4.33. The van der Waals surface area contributed by atoms with Gasteiger partial charge >= 0.3 is 0 Å². The summed E-state index contributed by atoms with van der Waals surface area (Å²) in [5.74, 6) is 0.863. The minimum absolute atomic E-state index is 0.155. The number of ketones is 1. The Balaban J connectivity index is 4.07. The van der Waals surface area contributed by atoms with E-state index in [1.165, 1.54) is 6.08 Å². The van der Waals surface area contributed by atoms with Crippen molar-refractivity contribution in [1.29, 1.82) is 0 Å². The minimum Gasteiger partial charge on any atom is -0.295 e. The van der Waals surface area contributed by atoms with Crippen LogP contribution in [0.3, 0.4) is 0 Å². The molecule has 11 heavy (non-hydrogen) atoms. The van der Waals surface area contributed by atoms with E-state index in [1.54, 1.807) is 0 Å². The van der Waals surface area contributed by atoms with Crippen LogP contribution in [-0.2, 0) is 4.79 Å². The first-order chi connectivity index (χ1) is 5.17. The average molecular weight is 154 g/mol. The third-order valence-electron chi connectivity index (χ3n) is 2.41. The van der Waals surface area contributed by atoms with E-state index in [0.29, 0.717) is 5.92 Å². The maximum Gasteiger partial charge on any atom is 0.158 e. The van der Waals surface area contributed by atoms with E-state index in [-0.39, 0.29) is 11.7 Å². The fourth-order valence-electron chi connectivity index (χ4n) is 1.41. The van der Waals surface area contributed by atoms with Crippen LogP contribution in [0.15, 0.2) is 12.7 Å². The van der Waals surface area contributed by atoms with Crippen molar-refractivity contribution in [2.75, 3.05) is 0 Å². The first-order valence-electron chi connectivity index (χ1n) is 4.33. The van der Waals surface area contributed by atoms with Gasteiger partial charge in [-0.1, -0.05) is 40.2 Å². The molecule has 0 bridgehead atoms. The zero-order chi connectivity index (χ0) is 8.85. The van der Waals surface area contributed by atoms with E-state index in [1.807, 2.05) is 6.92 Å². The quantitative estimate of drug-likeness (QED) is 0.556. The summed E-state index contributed by atoms with van der Waals surface area (Å²) in [6.07, 6.45) is 3.59. The molecular weight excluding hydrogens is 136 g/mol. The second kappa shape index (κ2) is 5.11. The molecule has 1 nitrogen and oxygen atoms in total. The smallest absolute Gasteiger partial charge is 0.158 e. The maximum absolute atomic E-state index is 11.2. The van der Waals surface area contributed by atoms with Crippen molar-refractivity contribution in [3.8, 4) is 0 Å². The standard InChI is InChI=1S/C10H18O/c1-5-9(6-2)8(4)10(11)7-3/h7-9H,3,5-6H2,1-2,4H3. The lowest BCUT2D eigenvalue weighted by molar-refractivity contribution is -0.119. The molecular formula is C10H18O. The Bertz CT molecular complexity index is 134. The van der Waals surface area contributed by atoms with Crippen LogP contribution in [0.2, 0.25) is 0 Å². The highest BCUT2D eigenvalue weighted by molar-refractivity contribution is 5.91. The van der Waals surface area contributed by atoms with E-state index in [9.17, 15) is 4.79 Å². The van der Waals surface area contributed by atoms with E-state index >= 15 is 0 Å². The van der Waals surface area contributed by atoms with Crippen molar-refractivity contribution in [2.45, 2.75) is 33.6 Å². The fraction of sp³-hybridized carbons (Fsp3) is 0.700. The van der Waals surface area contributed by atoms with Gasteiger partial charge in [-0.05, 0) is 12.0 Å². The summed E-state index contributed by atoms with van der Waals surface area (Å²) < 4.78 is 0. The second-order valence-electron chi connectivity index (χ2n) is 2.97. The SMILES string of the molecule is C=CC(=O)C(C)C(CC)CC. The van der Waals surface area contributed by atoms with Crippen molar-refractivity contribution in [3.63, 3.8) is 0 Å². The summed E-state index contributed by atoms with van der Waals surface area (Å²) in [7, 11) is 0. The lowest BCUT2D eigenvalue weighted by Crippen LogP contribution is -2.17. The molecule has 64 valence electrons. The zero-order valence-corrected chi connectivity index (χ0v) is 7.76. The van der Waals surface area contributed by atoms with Crippen LogP contribution in [0, 0.1) is 11.8 Å². The molecule has 0 rings (SSSR count). The Morgan fingerprint density at radius 3 is 2.18 bits per heavy atom. The predicted octanol–water partition coefficient (Wildman–Crippen LogP) is 2.81. The molecule has 0 aliphatic carbocycles. The van der Waals surface area contributed by atoms with Gasteiger partial charge in [-0.15, -0.1) is 0 Å². The van der Waals surface area contributed by atoms with Gasteiger partial charge in [-0.25, -0.2) is 0 Å². The monoisotopic (exact) mass is 154 g/mol. The molecule has 1 unspecified atom stereocenters. The highest BCUT2D eigenvalue weighted by Crippen LogP contribution is 2.19. The minimum atomic E-state index is 0.155. The summed E-state index contributed by atoms with van der Waals surface area (Å²) in [6.45, 7) is 9.72. The van der Waals surface area contributed by atoms with Gasteiger partial charge < -0.3 is 0 Å². The summed E-state index contributed by atoms with van der Waals surface area (Å²) in [4.78, 5) is 11.2. The molecule has 1 atom stereocenters. The van der Waals surface area contributed by atoms with Crippen LogP contribution >= 0.6 is 0 Å². The van der Waals surface area contributed by atoms with Crippen molar-refractivity contribution >= 4 is 5.78 Å². The summed E-state index contributed by atoms with van der Waals surface area (Å²) >= 11 is 0. The molecule has 0 aromatic heterocycles. The molecule has 0 spiro atoms. The zero-order valence-electron chi connectivity index (χ0n) is 7.76. The van der Waals surface area contributed by atoms with Crippen LogP contribution < -0.4 is 0 Å². The molecule has 0 aromatic carbocycles. The normalized spacial score (nSPS) is 13.1. The van der Waals surface area contributed by atoms with Crippen LogP contribution in [0.4, 0.5) is 0 Å². The van der Waals surface area contributed by atoms with Gasteiger partial charge in [0.1, 0.15) is 0 Å². The highest BCUT2D eigenvalue weighted by Gasteiger charge is 2.17. The Kier molecular flexibility index (Phi) is 4.84. The Labute approximate surface area is 69.5 Å². The Morgan fingerprint density at radius 2 is 1.91 bits per heavy atom. The summed E-state index contributed by atoms with van der Waals surface area (Å²) in [6, 6.07) is 0. The van der Waals surface area contributed by atoms with Gasteiger partial charge in [0.25, 0.3) is 0 Å². The molecule has 0 radical (unpaired) electrons. The average Bonchev–Trinajstić information content (AvgIpc) is 2.05. The van der Waals surface area contributed by atoms with Crippen molar-refractivity contribution in [2.24, 2.45) is 11.8 Å². The van der Waals surface area contributed by atoms with Crippen LogP contribution in [0.25, 0.3) is 0 Å². The third kappa shape index (κ3) is 2.87. The molecule has 0 saturated heterocycles. The number of rotatable bonds is 5.